The number of benzene rings is 3. The molecule has 0 unspecified atom stereocenters. The van der Waals surface area contributed by atoms with Crippen LogP contribution >= 0.6 is 0 Å². The molecule has 31 heavy (non-hydrogen) atoms. The number of amides is 2. The van der Waals surface area contributed by atoms with E-state index in [0.29, 0.717) is 5.56 Å². The van der Waals surface area contributed by atoms with Gasteiger partial charge in [0.1, 0.15) is 0 Å². The van der Waals surface area contributed by atoms with E-state index in [-0.39, 0.29) is 11.8 Å². The first kappa shape index (κ1) is 21.5. The Hall–Kier alpha value is -2.76. The summed E-state index contributed by atoms with van der Waals surface area (Å²) in [6, 6.07) is 25.8. The predicted molar refractivity (Wildman–Crippen MR) is 126 cm³/mol. The summed E-state index contributed by atoms with van der Waals surface area (Å²) in [7, 11) is -2.02. The number of hydrogen-bond donors (Lipinski definition) is 0. The van der Waals surface area contributed by atoms with Crippen molar-refractivity contribution in [3.8, 4) is 0 Å². The molecule has 4 rings (SSSR count). The van der Waals surface area contributed by atoms with E-state index in [1.165, 1.54) is 4.90 Å². The zero-order valence-electron chi connectivity index (χ0n) is 18.4. The lowest BCUT2D eigenvalue weighted by Gasteiger charge is -2.48. The molecule has 1 saturated heterocycles. The van der Waals surface area contributed by atoms with Crippen LogP contribution in [0.25, 0.3) is 10.8 Å². The predicted octanol–water partition coefficient (Wildman–Crippen LogP) is 5.95. The minimum absolute atomic E-state index is 0.223. The summed E-state index contributed by atoms with van der Waals surface area (Å²) >= 11 is 0. The van der Waals surface area contributed by atoms with E-state index in [9.17, 15) is 9.59 Å². The molecule has 4 nitrogen and oxygen atoms in total. The monoisotopic (exact) mass is 431 g/mol. The number of carbonyl (C=O) groups excluding carboxylic acids is 2. The number of imide groups is 1. The van der Waals surface area contributed by atoms with Gasteiger partial charge >= 0.3 is 0 Å². The molecule has 3 aromatic carbocycles. The molecule has 0 radical (unpaired) electrons. The van der Waals surface area contributed by atoms with Crippen LogP contribution in [0.3, 0.4) is 0 Å². The molecule has 1 fully saturated rings. The highest BCUT2D eigenvalue weighted by Gasteiger charge is 2.54. The van der Waals surface area contributed by atoms with Crippen LogP contribution < -0.4 is 0 Å². The van der Waals surface area contributed by atoms with E-state index in [1.807, 2.05) is 36.4 Å². The molecule has 1 aliphatic heterocycles. The summed E-state index contributed by atoms with van der Waals surface area (Å²) in [4.78, 5) is 27.9. The van der Waals surface area contributed by atoms with Gasteiger partial charge in [-0.05, 0) is 52.7 Å². The Morgan fingerprint density at radius 2 is 1.48 bits per heavy atom. The molecular formula is C26H29NO3Si. The minimum atomic E-state index is -2.02. The van der Waals surface area contributed by atoms with Crippen molar-refractivity contribution in [1.29, 1.82) is 0 Å². The summed E-state index contributed by atoms with van der Waals surface area (Å²) in [5.41, 5.74) is 1.46. The average Bonchev–Trinajstić information content (AvgIpc) is 2.83. The summed E-state index contributed by atoms with van der Waals surface area (Å²) in [5, 5.41) is 2.23. The maximum absolute atomic E-state index is 13.3. The van der Waals surface area contributed by atoms with Crippen LogP contribution in [0.2, 0.25) is 18.1 Å². The van der Waals surface area contributed by atoms with E-state index in [4.69, 9.17) is 4.43 Å². The van der Waals surface area contributed by atoms with Gasteiger partial charge in [0, 0.05) is 5.56 Å². The molecule has 0 bridgehead atoms. The van der Waals surface area contributed by atoms with Gasteiger partial charge in [-0.3, -0.25) is 14.5 Å². The lowest BCUT2D eigenvalue weighted by molar-refractivity contribution is -0.158. The SMILES string of the molecule is CC[Si](CC)(CC)O[C@@H]1C(=O)N(C(=O)c2ccccc2)[C@@H]1c1ccc2ccccc2c1. The second-order valence-electron chi connectivity index (χ2n) is 8.21. The van der Waals surface area contributed by atoms with Crippen LogP contribution in [0, 0.1) is 0 Å². The topological polar surface area (TPSA) is 46.6 Å². The molecule has 1 heterocycles. The fraction of sp³-hybridized carbons (Fsp3) is 0.308. The Kier molecular flexibility index (Phi) is 6.07. The van der Waals surface area contributed by atoms with Crippen molar-refractivity contribution in [2.75, 3.05) is 0 Å². The number of rotatable bonds is 7. The van der Waals surface area contributed by atoms with Crippen molar-refractivity contribution in [3.05, 3.63) is 83.9 Å². The summed E-state index contributed by atoms with van der Waals surface area (Å²) in [6.45, 7) is 6.46. The molecule has 5 heteroatoms. The Labute approximate surface area is 185 Å². The Morgan fingerprint density at radius 1 is 0.871 bits per heavy atom. The first-order valence-electron chi connectivity index (χ1n) is 11.1. The molecule has 3 aromatic rings. The van der Waals surface area contributed by atoms with E-state index in [1.54, 1.807) is 12.1 Å². The number of hydrogen-bond acceptors (Lipinski definition) is 3. The van der Waals surface area contributed by atoms with Gasteiger partial charge < -0.3 is 4.43 Å². The average molecular weight is 432 g/mol. The molecule has 0 aromatic heterocycles. The van der Waals surface area contributed by atoms with Gasteiger partial charge in [0.05, 0.1) is 6.04 Å². The highest BCUT2D eigenvalue weighted by Crippen LogP contribution is 2.42. The van der Waals surface area contributed by atoms with Crippen molar-refractivity contribution in [2.45, 2.75) is 51.0 Å². The van der Waals surface area contributed by atoms with Crippen LogP contribution in [-0.4, -0.2) is 31.1 Å². The molecule has 2 atom stereocenters. The van der Waals surface area contributed by atoms with Crippen molar-refractivity contribution < 1.29 is 14.0 Å². The molecule has 0 aliphatic carbocycles. The zero-order valence-corrected chi connectivity index (χ0v) is 19.4. The Morgan fingerprint density at radius 3 is 2.13 bits per heavy atom. The maximum atomic E-state index is 13.3. The van der Waals surface area contributed by atoms with Gasteiger partial charge in [0.25, 0.3) is 11.8 Å². The molecular weight excluding hydrogens is 402 g/mol. The third-order valence-electron chi connectivity index (χ3n) is 6.71. The fourth-order valence-corrected chi connectivity index (χ4v) is 7.28. The second-order valence-corrected chi connectivity index (χ2v) is 12.9. The van der Waals surface area contributed by atoms with E-state index >= 15 is 0 Å². The van der Waals surface area contributed by atoms with Gasteiger partial charge in [0.15, 0.2) is 14.4 Å². The maximum Gasteiger partial charge on any atom is 0.261 e. The van der Waals surface area contributed by atoms with Crippen LogP contribution in [0.1, 0.15) is 42.7 Å². The Bertz CT molecular complexity index is 1090. The molecule has 0 spiro atoms. The molecule has 1 aliphatic rings. The van der Waals surface area contributed by atoms with Crippen molar-refractivity contribution >= 4 is 30.9 Å². The van der Waals surface area contributed by atoms with Gasteiger partial charge in [0.2, 0.25) is 0 Å². The number of fused-ring (bicyclic) bond motifs is 1. The van der Waals surface area contributed by atoms with Gasteiger partial charge in [-0.15, -0.1) is 0 Å². The summed E-state index contributed by atoms with van der Waals surface area (Å²) in [5.74, 6) is -0.486. The van der Waals surface area contributed by atoms with Gasteiger partial charge in [-0.2, -0.15) is 0 Å². The smallest absolute Gasteiger partial charge is 0.261 e. The largest absolute Gasteiger partial charge is 0.403 e. The quantitative estimate of drug-likeness (QED) is 0.264. The number of β-lactam (4-membered cyclic amide) rings is 1. The molecule has 0 saturated carbocycles. The lowest BCUT2D eigenvalue weighted by Crippen LogP contribution is -2.64. The van der Waals surface area contributed by atoms with Crippen LogP contribution in [-0.2, 0) is 9.22 Å². The van der Waals surface area contributed by atoms with Gasteiger partial charge in [-0.25, -0.2) is 0 Å². The Balaban J connectivity index is 1.74. The van der Waals surface area contributed by atoms with E-state index < -0.39 is 20.5 Å². The second kappa shape index (κ2) is 8.77. The van der Waals surface area contributed by atoms with Crippen LogP contribution in [0.5, 0.6) is 0 Å². The zero-order chi connectivity index (χ0) is 22.0. The molecule has 2 amide bonds. The minimum Gasteiger partial charge on any atom is -0.403 e. The number of likely N-dealkylation sites (tertiary alicyclic amines) is 1. The molecule has 160 valence electrons. The molecule has 0 N–H and O–H groups in total. The lowest BCUT2D eigenvalue weighted by atomic mass is 9.88. The normalized spacial score (nSPS) is 18.8. The summed E-state index contributed by atoms with van der Waals surface area (Å²) < 4.78 is 6.62. The standard InChI is InChI=1S/C26H29NO3Si/c1-4-31(5-2,6-3)30-24-23(22-17-16-19-12-10-11-15-21(19)18-22)27(26(24)29)25(28)20-13-8-7-9-14-20/h7-18,23-24H,4-6H2,1-3H3/t23-,24+/m1/s1. The van der Waals surface area contributed by atoms with Crippen LogP contribution in [0.15, 0.2) is 72.8 Å². The van der Waals surface area contributed by atoms with Crippen LogP contribution in [0.4, 0.5) is 0 Å². The van der Waals surface area contributed by atoms with E-state index in [0.717, 1.165) is 34.5 Å². The highest BCUT2D eigenvalue weighted by atomic mass is 28.4. The van der Waals surface area contributed by atoms with Gasteiger partial charge in [-0.1, -0.05) is 75.4 Å². The third kappa shape index (κ3) is 3.84. The van der Waals surface area contributed by atoms with Crippen molar-refractivity contribution in [2.24, 2.45) is 0 Å². The first-order chi connectivity index (χ1) is 15.0. The van der Waals surface area contributed by atoms with Crippen molar-refractivity contribution in [3.63, 3.8) is 0 Å². The summed E-state index contributed by atoms with van der Waals surface area (Å²) in [6.07, 6.45) is -0.597. The first-order valence-corrected chi connectivity index (χ1v) is 13.7. The highest BCUT2D eigenvalue weighted by molar-refractivity contribution is 6.73. The van der Waals surface area contributed by atoms with Crippen molar-refractivity contribution in [1.82, 2.24) is 4.90 Å². The fourth-order valence-electron chi connectivity index (χ4n) is 4.51. The number of carbonyl (C=O) groups is 2. The van der Waals surface area contributed by atoms with E-state index in [2.05, 4.69) is 45.0 Å². The number of nitrogens with zero attached hydrogens (tertiary/aromatic N) is 1. The third-order valence-corrected chi connectivity index (χ3v) is 11.3.